The maximum Gasteiger partial charge on any atom is 0.326 e. The van der Waals surface area contributed by atoms with E-state index in [9.17, 15) is 9.59 Å². The van der Waals surface area contributed by atoms with Gasteiger partial charge in [0.25, 0.3) is 5.91 Å². The van der Waals surface area contributed by atoms with Gasteiger partial charge in [0, 0.05) is 24.7 Å². The lowest BCUT2D eigenvalue weighted by molar-refractivity contribution is 0.0685. The number of carbonyl (C=O) groups is 1. The van der Waals surface area contributed by atoms with Crippen molar-refractivity contribution in [1.82, 2.24) is 24.2 Å². The van der Waals surface area contributed by atoms with Crippen LogP contribution in [0, 0.1) is 0 Å². The zero-order valence-electron chi connectivity index (χ0n) is 19.2. The van der Waals surface area contributed by atoms with Crippen LogP contribution in [0.15, 0.2) is 95.8 Å². The first kappa shape index (κ1) is 21.2. The van der Waals surface area contributed by atoms with Crippen LogP contribution in [0.5, 0.6) is 0 Å². The highest BCUT2D eigenvalue weighted by Gasteiger charge is 2.29. The summed E-state index contributed by atoms with van der Waals surface area (Å²) in [5, 5.41) is 4.79. The van der Waals surface area contributed by atoms with E-state index < -0.39 is 0 Å². The molecule has 1 aliphatic heterocycles. The van der Waals surface area contributed by atoms with Crippen LogP contribution in [0.3, 0.4) is 0 Å². The van der Waals surface area contributed by atoms with E-state index in [0.29, 0.717) is 18.8 Å². The van der Waals surface area contributed by atoms with Crippen molar-refractivity contribution in [2.45, 2.75) is 18.9 Å². The molecule has 0 spiro atoms. The average Bonchev–Trinajstić information content (AvgIpc) is 3.50. The molecular weight excluding hydrogens is 438 g/mol. The van der Waals surface area contributed by atoms with E-state index in [-0.39, 0.29) is 17.6 Å². The molecule has 0 unspecified atom stereocenters. The Bertz CT molecular complexity index is 1540. The number of hydrogen-bond acceptors (Lipinski definition) is 3. The summed E-state index contributed by atoms with van der Waals surface area (Å²) >= 11 is 0. The van der Waals surface area contributed by atoms with Crippen molar-refractivity contribution in [3.05, 3.63) is 107 Å². The Labute approximate surface area is 202 Å². The third-order valence-electron chi connectivity index (χ3n) is 6.74. The van der Waals surface area contributed by atoms with Gasteiger partial charge >= 0.3 is 5.69 Å². The monoisotopic (exact) mass is 463 g/mol. The minimum absolute atomic E-state index is 0.0479. The smallest absolute Gasteiger partial charge is 0.326 e. The number of piperidine rings is 1. The number of aromatic amines is 1. The summed E-state index contributed by atoms with van der Waals surface area (Å²) in [4.78, 5) is 31.2. The van der Waals surface area contributed by atoms with Gasteiger partial charge in [0.05, 0.1) is 22.4 Å². The van der Waals surface area contributed by atoms with E-state index in [4.69, 9.17) is 5.10 Å². The average molecular weight is 464 g/mol. The summed E-state index contributed by atoms with van der Waals surface area (Å²) in [7, 11) is 0. The molecule has 1 fully saturated rings. The number of nitrogens with one attached hydrogen (secondary N) is 1. The summed E-state index contributed by atoms with van der Waals surface area (Å²) in [5.41, 5.74) is 4.78. The second kappa shape index (κ2) is 8.76. The maximum absolute atomic E-state index is 13.7. The van der Waals surface area contributed by atoms with Crippen molar-refractivity contribution in [1.29, 1.82) is 0 Å². The predicted octanol–water partition coefficient (Wildman–Crippen LogP) is 4.66. The van der Waals surface area contributed by atoms with E-state index in [1.165, 1.54) is 0 Å². The highest BCUT2D eigenvalue weighted by Crippen LogP contribution is 2.27. The van der Waals surface area contributed by atoms with Crippen LogP contribution in [-0.2, 0) is 0 Å². The third kappa shape index (κ3) is 3.85. The molecular formula is C28H25N5O2. The van der Waals surface area contributed by atoms with Crippen LogP contribution in [0.1, 0.15) is 29.4 Å². The van der Waals surface area contributed by atoms with Gasteiger partial charge in [0.15, 0.2) is 0 Å². The fourth-order valence-corrected chi connectivity index (χ4v) is 4.98. The fourth-order valence-electron chi connectivity index (χ4n) is 4.98. The Morgan fingerprint density at radius 3 is 2.26 bits per heavy atom. The number of nitrogens with zero attached hydrogens (tertiary/aromatic N) is 4. The first-order valence-corrected chi connectivity index (χ1v) is 11.9. The summed E-state index contributed by atoms with van der Waals surface area (Å²) in [6.45, 7) is 1.16. The lowest BCUT2D eigenvalue weighted by Gasteiger charge is -2.32. The molecule has 0 radical (unpaired) electrons. The van der Waals surface area contributed by atoms with Gasteiger partial charge in [-0.3, -0.25) is 9.36 Å². The Kier molecular flexibility index (Phi) is 5.29. The molecule has 7 heteroatoms. The molecule has 0 aliphatic carbocycles. The number of H-pyrrole nitrogens is 1. The molecule has 2 aromatic heterocycles. The summed E-state index contributed by atoms with van der Waals surface area (Å²) in [6, 6.07) is 29.3. The number of fused-ring (bicyclic) bond motifs is 1. The topological polar surface area (TPSA) is 75.9 Å². The van der Waals surface area contributed by atoms with Crippen molar-refractivity contribution >= 4 is 16.9 Å². The third-order valence-corrected chi connectivity index (χ3v) is 6.74. The molecule has 1 saturated heterocycles. The highest BCUT2D eigenvalue weighted by molar-refractivity contribution is 5.94. The van der Waals surface area contributed by atoms with Crippen molar-refractivity contribution in [2.75, 3.05) is 13.1 Å². The van der Waals surface area contributed by atoms with Gasteiger partial charge < -0.3 is 9.88 Å². The van der Waals surface area contributed by atoms with E-state index in [1.54, 1.807) is 4.68 Å². The van der Waals surface area contributed by atoms with Gasteiger partial charge in [-0.05, 0) is 43.2 Å². The molecule has 1 N–H and O–H groups in total. The second-order valence-electron chi connectivity index (χ2n) is 8.87. The Morgan fingerprint density at radius 1 is 0.857 bits per heavy atom. The molecule has 0 saturated carbocycles. The van der Waals surface area contributed by atoms with Crippen LogP contribution in [-0.4, -0.2) is 43.2 Å². The summed E-state index contributed by atoms with van der Waals surface area (Å²) in [5.74, 6) is -0.0479. The number of likely N-dealkylation sites (tertiary alicyclic amines) is 1. The van der Waals surface area contributed by atoms with Gasteiger partial charge in [0.1, 0.15) is 5.69 Å². The number of aromatic nitrogens is 4. The number of benzene rings is 3. The number of amides is 1. The van der Waals surface area contributed by atoms with E-state index in [0.717, 1.165) is 40.8 Å². The van der Waals surface area contributed by atoms with Crippen LogP contribution in [0.2, 0.25) is 0 Å². The van der Waals surface area contributed by atoms with Crippen LogP contribution >= 0.6 is 0 Å². The van der Waals surface area contributed by atoms with E-state index in [2.05, 4.69) is 4.98 Å². The van der Waals surface area contributed by atoms with Crippen LogP contribution < -0.4 is 5.69 Å². The number of imidazole rings is 1. The second-order valence-corrected chi connectivity index (χ2v) is 8.87. The van der Waals surface area contributed by atoms with Gasteiger partial charge in [0.2, 0.25) is 0 Å². The first-order chi connectivity index (χ1) is 17.2. The number of para-hydroxylation sites is 3. The number of hydrogen-bond donors (Lipinski definition) is 1. The van der Waals surface area contributed by atoms with Gasteiger partial charge in [-0.25, -0.2) is 9.48 Å². The summed E-state index contributed by atoms with van der Waals surface area (Å²) < 4.78 is 3.58. The SMILES string of the molecule is O=C(c1cc(-c2ccccc2)nn1-c1ccccc1)N1CCC(n2c(=O)[nH]c3ccccc32)CC1. The Balaban J connectivity index is 1.28. The van der Waals surface area contributed by atoms with Gasteiger partial charge in [-0.2, -0.15) is 5.10 Å². The Hall–Kier alpha value is -4.39. The largest absolute Gasteiger partial charge is 0.337 e. The zero-order chi connectivity index (χ0) is 23.8. The quantitative estimate of drug-likeness (QED) is 0.421. The molecule has 7 nitrogen and oxygen atoms in total. The molecule has 5 aromatic rings. The van der Waals surface area contributed by atoms with Crippen molar-refractivity contribution in [3.63, 3.8) is 0 Å². The van der Waals surface area contributed by atoms with Crippen molar-refractivity contribution < 1.29 is 4.79 Å². The normalized spacial score (nSPS) is 14.5. The lowest BCUT2D eigenvalue weighted by Crippen LogP contribution is -2.41. The molecule has 1 amide bonds. The van der Waals surface area contributed by atoms with Crippen molar-refractivity contribution in [2.24, 2.45) is 0 Å². The summed E-state index contributed by atoms with van der Waals surface area (Å²) in [6.07, 6.45) is 1.44. The molecule has 6 rings (SSSR count). The number of carbonyl (C=O) groups excluding carboxylic acids is 1. The van der Waals surface area contributed by atoms with Gasteiger partial charge in [-0.1, -0.05) is 60.7 Å². The minimum atomic E-state index is -0.0920. The highest BCUT2D eigenvalue weighted by atomic mass is 16.2. The predicted molar refractivity (Wildman–Crippen MR) is 136 cm³/mol. The van der Waals surface area contributed by atoms with Crippen LogP contribution in [0.25, 0.3) is 28.0 Å². The maximum atomic E-state index is 13.7. The van der Waals surface area contributed by atoms with Crippen molar-refractivity contribution in [3.8, 4) is 16.9 Å². The molecule has 0 atom stereocenters. The Morgan fingerprint density at radius 2 is 1.51 bits per heavy atom. The molecule has 35 heavy (non-hydrogen) atoms. The molecule has 3 aromatic carbocycles. The van der Waals surface area contributed by atoms with Gasteiger partial charge in [-0.15, -0.1) is 0 Å². The standard InChI is InChI=1S/C28H25N5O2/c34-27(31-17-15-21(16-18-31)32-25-14-8-7-13-23(25)29-28(32)35)26-19-24(20-9-3-1-4-10-20)30-33(26)22-11-5-2-6-12-22/h1-14,19,21H,15-18H2,(H,29,35). The first-order valence-electron chi connectivity index (χ1n) is 11.9. The van der Waals surface area contributed by atoms with Crippen LogP contribution in [0.4, 0.5) is 0 Å². The molecule has 174 valence electrons. The molecule has 1 aliphatic rings. The van der Waals surface area contributed by atoms with E-state index >= 15 is 0 Å². The minimum Gasteiger partial charge on any atom is -0.337 e. The number of rotatable bonds is 4. The molecule has 0 bridgehead atoms. The zero-order valence-corrected chi connectivity index (χ0v) is 19.2. The molecule has 3 heterocycles. The van der Waals surface area contributed by atoms with E-state index in [1.807, 2.05) is 100 Å². The fraction of sp³-hybridized carbons (Fsp3) is 0.179. The lowest BCUT2D eigenvalue weighted by atomic mass is 10.0.